The fourth-order valence-corrected chi connectivity index (χ4v) is 2.67. The van der Waals surface area contributed by atoms with Gasteiger partial charge in [0.1, 0.15) is 0 Å². The van der Waals surface area contributed by atoms with Gasteiger partial charge in [0.2, 0.25) is 0 Å². The van der Waals surface area contributed by atoms with Crippen LogP contribution in [0.1, 0.15) is 18.1 Å². The summed E-state index contributed by atoms with van der Waals surface area (Å²) in [4.78, 5) is 0. The first kappa shape index (κ1) is 14.8. The SMILES string of the molecule is CNC[C@H](C)[C@@](O)(Cc1ccccc1)c1ccccc1. The van der Waals surface area contributed by atoms with Crippen LogP contribution in [0.2, 0.25) is 0 Å². The van der Waals surface area contributed by atoms with Gasteiger partial charge in [-0.15, -0.1) is 0 Å². The van der Waals surface area contributed by atoms with E-state index in [4.69, 9.17) is 0 Å². The van der Waals surface area contributed by atoms with Crippen molar-refractivity contribution in [3.63, 3.8) is 0 Å². The van der Waals surface area contributed by atoms with E-state index in [-0.39, 0.29) is 5.92 Å². The third-order valence-corrected chi connectivity index (χ3v) is 3.92. The molecule has 0 aliphatic heterocycles. The molecule has 0 aliphatic rings. The molecule has 20 heavy (non-hydrogen) atoms. The highest BCUT2D eigenvalue weighted by Crippen LogP contribution is 2.33. The quantitative estimate of drug-likeness (QED) is 0.845. The molecule has 2 N–H and O–H groups in total. The fraction of sp³-hybridized carbons (Fsp3) is 0.333. The first-order chi connectivity index (χ1) is 9.66. The zero-order valence-electron chi connectivity index (χ0n) is 12.2. The molecule has 2 nitrogen and oxygen atoms in total. The van der Waals surface area contributed by atoms with Crippen molar-refractivity contribution in [2.75, 3.05) is 13.6 Å². The normalized spacial score (nSPS) is 15.6. The van der Waals surface area contributed by atoms with Crippen molar-refractivity contribution in [1.29, 1.82) is 0 Å². The van der Waals surface area contributed by atoms with Crippen molar-refractivity contribution in [3.05, 3.63) is 71.8 Å². The van der Waals surface area contributed by atoms with E-state index in [1.807, 2.05) is 55.6 Å². The summed E-state index contributed by atoms with van der Waals surface area (Å²) in [6.45, 7) is 2.87. The van der Waals surface area contributed by atoms with Crippen molar-refractivity contribution in [2.45, 2.75) is 18.9 Å². The maximum absolute atomic E-state index is 11.3. The van der Waals surface area contributed by atoms with Crippen LogP contribution in [0.25, 0.3) is 0 Å². The lowest BCUT2D eigenvalue weighted by molar-refractivity contribution is -0.0160. The summed E-state index contributed by atoms with van der Waals surface area (Å²) in [7, 11) is 1.92. The summed E-state index contributed by atoms with van der Waals surface area (Å²) >= 11 is 0. The Morgan fingerprint density at radius 2 is 1.55 bits per heavy atom. The van der Waals surface area contributed by atoms with Crippen LogP contribution in [0.15, 0.2) is 60.7 Å². The number of hydrogen-bond acceptors (Lipinski definition) is 2. The van der Waals surface area contributed by atoms with Crippen LogP contribution in [-0.4, -0.2) is 18.7 Å². The Hall–Kier alpha value is -1.64. The topological polar surface area (TPSA) is 32.3 Å². The summed E-state index contributed by atoms with van der Waals surface area (Å²) < 4.78 is 0. The van der Waals surface area contributed by atoms with Gasteiger partial charge in [-0.3, -0.25) is 0 Å². The molecule has 0 radical (unpaired) electrons. The van der Waals surface area contributed by atoms with Crippen molar-refractivity contribution >= 4 is 0 Å². The van der Waals surface area contributed by atoms with Crippen LogP contribution < -0.4 is 5.32 Å². The Labute approximate surface area is 121 Å². The second-order valence-corrected chi connectivity index (χ2v) is 5.41. The summed E-state index contributed by atoms with van der Waals surface area (Å²) in [5, 5.41) is 14.5. The zero-order valence-corrected chi connectivity index (χ0v) is 12.2. The van der Waals surface area contributed by atoms with Gasteiger partial charge in [0, 0.05) is 18.9 Å². The van der Waals surface area contributed by atoms with Gasteiger partial charge < -0.3 is 10.4 Å². The van der Waals surface area contributed by atoms with Crippen LogP contribution in [-0.2, 0) is 12.0 Å². The molecule has 2 heteroatoms. The van der Waals surface area contributed by atoms with Crippen LogP contribution in [0.5, 0.6) is 0 Å². The molecule has 2 atom stereocenters. The van der Waals surface area contributed by atoms with Crippen LogP contribution >= 0.6 is 0 Å². The number of rotatable bonds is 6. The van der Waals surface area contributed by atoms with E-state index in [1.54, 1.807) is 0 Å². The van der Waals surface area contributed by atoms with Gasteiger partial charge in [-0.2, -0.15) is 0 Å². The molecule has 0 fully saturated rings. The van der Waals surface area contributed by atoms with Crippen LogP contribution in [0.4, 0.5) is 0 Å². The third-order valence-electron chi connectivity index (χ3n) is 3.92. The first-order valence-electron chi connectivity index (χ1n) is 7.13. The first-order valence-corrected chi connectivity index (χ1v) is 7.13. The van der Waals surface area contributed by atoms with E-state index in [1.165, 1.54) is 0 Å². The monoisotopic (exact) mass is 269 g/mol. The lowest BCUT2D eigenvalue weighted by atomic mass is 9.78. The van der Waals surface area contributed by atoms with E-state index < -0.39 is 5.60 Å². The van der Waals surface area contributed by atoms with E-state index in [0.717, 1.165) is 17.7 Å². The summed E-state index contributed by atoms with van der Waals surface area (Å²) in [6.07, 6.45) is 0.626. The molecule has 0 saturated carbocycles. The molecule has 0 aromatic heterocycles. The van der Waals surface area contributed by atoms with Gasteiger partial charge in [0.25, 0.3) is 0 Å². The lowest BCUT2D eigenvalue weighted by Gasteiger charge is -2.35. The average molecular weight is 269 g/mol. The summed E-state index contributed by atoms with van der Waals surface area (Å²) in [5.41, 5.74) is 1.28. The largest absolute Gasteiger partial charge is 0.384 e. The molecule has 0 saturated heterocycles. The van der Waals surface area contributed by atoms with Crippen molar-refractivity contribution in [1.82, 2.24) is 5.32 Å². The van der Waals surface area contributed by atoms with E-state index in [9.17, 15) is 5.11 Å². The molecule has 0 aliphatic carbocycles. The zero-order chi connectivity index (χ0) is 14.4. The molecule has 2 aromatic carbocycles. The Morgan fingerprint density at radius 1 is 1.00 bits per heavy atom. The molecule has 2 rings (SSSR count). The number of aliphatic hydroxyl groups is 1. The highest BCUT2D eigenvalue weighted by Gasteiger charge is 2.35. The minimum atomic E-state index is -0.856. The van der Waals surface area contributed by atoms with Gasteiger partial charge in [-0.25, -0.2) is 0 Å². The highest BCUT2D eigenvalue weighted by molar-refractivity contribution is 5.27. The van der Waals surface area contributed by atoms with E-state index in [2.05, 4.69) is 24.4 Å². The molecule has 0 heterocycles. The summed E-state index contributed by atoms with van der Waals surface area (Å²) in [5.74, 6) is 0.120. The molecule has 106 valence electrons. The molecule has 0 unspecified atom stereocenters. The van der Waals surface area contributed by atoms with Crippen molar-refractivity contribution in [2.24, 2.45) is 5.92 Å². The molecular weight excluding hydrogens is 246 g/mol. The second-order valence-electron chi connectivity index (χ2n) is 5.41. The van der Waals surface area contributed by atoms with Gasteiger partial charge in [-0.05, 0) is 18.2 Å². The molecule has 0 bridgehead atoms. The van der Waals surface area contributed by atoms with Gasteiger partial charge in [0.05, 0.1) is 5.60 Å². The fourth-order valence-electron chi connectivity index (χ4n) is 2.67. The van der Waals surface area contributed by atoms with Gasteiger partial charge >= 0.3 is 0 Å². The minimum Gasteiger partial charge on any atom is -0.384 e. The maximum Gasteiger partial charge on any atom is 0.0974 e. The minimum absolute atomic E-state index is 0.120. The maximum atomic E-state index is 11.3. The second kappa shape index (κ2) is 6.69. The van der Waals surface area contributed by atoms with Crippen LogP contribution in [0.3, 0.4) is 0 Å². The van der Waals surface area contributed by atoms with E-state index >= 15 is 0 Å². The molecular formula is C18H23NO. The van der Waals surface area contributed by atoms with Crippen molar-refractivity contribution in [3.8, 4) is 0 Å². The van der Waals surface area contributed by atoms with Gasteiger partial charge in [0.15, 0.2) is 0 Å². The number of benzene rings is 2. The predicted octanol–water partition coefficient (Wildman–Crippen LogP) is 2.97. The highest BCUT2D eigenvalue weighted by atomic mass is 16.3. The molecule has 0 spiro atoms. The summed E-state index contributed by atoms with van der Waals surface area (Å²) in [6, 6.07) is 20.1. The standard InChI is InChI=1S/C18H23NO/c1-15(14-19-2)18(20,17-11-7-4-8-12-17)13-16-9-5-3-6-10-16/h3-12,15,19-20H,13-14H2,1-2H3/t15-,18-/m0/s1. The third kappa shape index (κ3) is 3.27. The molecule has 0 amide bonds. The Morgan fingerprint density at radius 3 is 2.10 bits per heavy atom. The van der Waals surface area contributed by atoms with Crippen LogP contribution in [0, 0.1) is 5.92 Å². The van der Waals surface area contributed by atoms with E-state index in [0.29, 0.717) is 6.42 Å². The Bertz CT molecular complexity index is 511. The lowest BCUT2D eigenvalue weighted by Crippen LogP contribution is -2.40. The molecule has 2 aromatic rings. The van der Waals surface area contributed by atoms with Gasteiger partial charge in [-0.1, -0.05) is 67.6 Å². The number of hydrogen-bond donors (Lipinski definition) is 2. The predicted molar refractivity (Wildman–Crippen MR) is 83.6 cm³/mol. The Balaban J connectivity index is 2.34. The number of nitrogens with one attached hydrogen (secondary N) is 1. The smallest absolute Gasteiger partial charge is 0.0974 e. The average Bonchev–Trinajstić information content (AvgIpc) is 2.49. The van der Waals surface area contributed by atoms with Crippen molar-refractivity contribution < 1.29 is 5.11 Å². The Kier molecular flexibility index (Phi) is 4.94.